The van der Waals surface area contributed by atoms with E-state index in [1.807, 2.05) is 69.6 Å². The molecule has 44 heavy (non-hydrogen) atoms. The molecule has 2 atom stereocenters. The number of carboxylic acid groups (broad SMARTS) is 1. The highest BCUT2D eigenvalue weighted by molar-refractivity contribution is 5.90. The van der Waals surface area contributed by atoms with Crippen LogP contribution < -0.4 is 5.32 Å². The van der Waals surface area contributed by atoms with Crippen LogP contribution in [0.15, 0.2) is 90.9 Å². The second kappa shape index (κ2) is 13.1. The van der Waals surface area contributed by atoms with Gasteiger partial charge < -0.3 is 15.2 Å². The van der Waals surface area contributed by atoms with Crippen molar-refractivity contribution in [3.05, 3.63) is 136 Å². The first-order valence-corrected chi connectivity index (χ1v) is 15.1. The van der Waals surface area contributed by atoms with Gasteiger partial charge in [0.15, 0.2) is 6.10 Å². The van der Waals surface area contributed by atoms with E-state index in [-0.39, 0.29) is 6.04 Å². The Balaban J connectivity index is 1.57. The summed E-state index contributed by atoms with van der Waals surface area (Å²) in [5.74, 6) is -1.02. The molecule has 5 rings (SSSR count). The van der Waals surface area contributed by atoms with E-state index in [0.717, 1.165) is 44.8 Å². The largest absolute Gasteiger partial charge is 0.479 e. The molecule has 228 valence electrons. The SMILES string of the molecule is Cc1ccc(C2=C(C(OC(C)(C)C)C(=O)O)NC(C)c3cc(CN(Cc4ccccn4)Cc4ccccn4)ccc32)cc1C. The van der Waals surface area contributed by atoms with Crippen LogP contribution in [0.1, 0.15) is 78.5 Å². The van der Waals surface area contributed by atoms with Gasteiger partial charge in [0.1, 0.15) is 0 Å². The van der Waals surface area contributed by atoms with E-state index in [1.54, 1.807) is 0 Å². The number of fused-ring (bicyclic) bond motifs is 1. The van der Waals surface area contributed by atoms with E-state index >= 15 is 0 Å². The molecule has 1 aliphatic heterocycles. The molecule has 0 radical (unpaired) electrons. The van der Waals surface area contributed by atoms with Crippen LogP contribution in [0.3, 0.4) is 0 Å². The number of carboxylic acids is 1. The Hall–Kier alpha value is -4.33. The molecule has 2 aromatic heterocycles. The van der Waals surface area contributed by atoms with Gasteiger partial charge in [-0.25, -0.2) is 4.79 Å². The Morgan fingerprint density at radius 1 is 0.909 bits per heavy atom. The molecule has 0 saturated heterocycles. The van der Waals surface area contributed by atoms with Crippen LogP contribution in [-0.2, 0) is 29.2 Å². The molecule has 2 N–H and O–H groups in total. The lowest BCUT2D eigenvalue weighted by Gasteiger charge is -2.35. The van der Waals surface area contributed by atoms with E-state index in [2.05, 4.69) is 77.4 Å². The Bertz CT molecular complexity index is 1600. The fourth-order valence-corrected chi connectivity index (χ4v) is 5.69. The maximum atomic E-state index is 12.7. The van der Waals surface area contributed by atoms with Crippen LogP contribution >= 0.6 is 0 Å². The van der Waals surface area contributed by atoms with Crippen molar-refractivity contribution in [1.82, 2.24) is 20.2 Å². The summed E-state index contributed by atoms with van der Waals surface area (Å²) in [6.07, 6.45) is 2.51. The van der Waals surface area contributed by atoms with Crippen molar-refractivity contribution in [1.29, 1.82) is 0 Å². The zero-order valence-corrected chi connectivity index (χ0v) is 26.5. The quantitative estimate of drug-likeness (QED) is 0.206. The van der Waals surface area contributed by atoms with E-state index in [9.17, 15) is 9.90 Å². The maximum absolute atomic E-state index is 12.7. The highest BCUT2D eigenvalue weighted by Gasteiger charge is 2.36. The molecule has 0 bridgehead atoms. The standard InChI is InChI=1S/C37H42N4O3/c1-24-13-15-28(19-25(24)2)33-31-16-14-27(20-32(31)26(3)40-34(33)35(36(42)43)44-37(4,5)6)21-41(22-29-11-7-9-17-38-29)23-30-12-8-10-18-39-30/h7-20,26,35,40H,21-23H2,1-6H3,(H,42,43). The summed E-state index contributed by atoms with van der Waals surface area (Å²) in [6.45, 7) is 14.0. The van der Waals surface area contributed by atoms with Crippen LogP contribution in [-0.4, -0.2) is 37.6 Å². The monoisotopic (exact) mass is 590 g/mol. The molecule has 0 fully saturated rings. The van der Waals surface area contributed by atoms with E-state index in [0.29, 0.717) is 25.3 Å². The lowest BCUT2D eigenvalue weighted by Crippen LogP contribution is -2.42. The number of carbonyl (C=O) groups is 1. The van der Waals surface area contributed by atoms with Crippen LogP contribution in [0, 0.1) is 13.8 Å². The topological polar surface area (TPSA) is 87.6 Å². The second-order valence-corrected chi connectivity index (χ2v) is 12.6. The third kappa shape index (κ3) is 7.41. The summed E-state index contributed by atoms with van der Waals surface area (Å²) < 4.78 is 6.16. The summed E-state index contributed by atoms with van der Waals surface area (Å²) in [4.78, 5) is 24.1. The van der Waals surface area contributed by atoms with Crippen molar-refractivity contribution >= 4 is 11.5 Å². The number of aliphatic carboxylic acids is 1. The third-order valence-electron chi connectivity index (χ3n) is 7.88. The molecule has 2 unspecified atom stereocenters. The minimum absolute atomic E-state index is 0.124. The zero-order chi connectivity index (χ0) is 31.4. The van der Waals surface area contributed by atoms with Gasteiger partial charge in [0.2, 0.25) is 0 Å². The normalized spacial score (nSPS) is 15.6. The van der Waals surface area contributed by atoms with Gasteiger partial charge in [0.05, 0.1) is 22.7 Å². The number of ether oxygens (including phenoxy) is 1. The number of nitrogens with one attached hydrogen (secondary N) is 1. The number of benzene rings is 2. The molecular formula is C37H42N4O3. The lowest BCUT2D eigenvalue weighted by atomic mass is 9.83. The molecule has 0 spiro atoms. The van der Waals surface area contributed by atoms with E-state index < -0.39 is 17.7 Å². The second-order valence-electron chi connectivity index (χ2n) is 12.6. The molecule has 4 aromatic rings. The first-order valence-electron chi connectivity index (χ1n) is 15.1. The number of aromatic nitrogens is 2. The first kappa shape index (κ1) is 31.1. The first-order chi connectivity index (χ1) is 21.0. The molecule has 3 heterocycles. The molecular weight excluding hydrogens is 548 g/mol. The highest BCUT2D eigenvalue weighted by Crippen LogP contribution is 2.40. The van der Waals surface area contributed by atoms with Gasteiger partial charge >= 0.3 is 5.97 Å². The van der Waals surface area contributed by atoms with Gasteiger partial charge in [-0.3, -0.25) is 14.9 Å². The number of aryl methyl sites for hydroxylation is 2. The van der Waals surface area contributed by atoms with Gasteiger partial charge in [-0.05, 0) is 99.2 Å². The van der Waals surface area contributed by atoms with Gasteiger partial charge in [-0.15, -0.1) is 0 Å². The van der Waals surface area contributed by atoms with Crippen molar-refractivity contribution in [3.8, 4) is 0 Å². The van der Waals surface area contributed by atoms with Gasteiger partial charge in [-0.1, -0.05) is 48.5 Å². The van der Waals surface area contributed by atoms with Gasteiger partial charge in [-0.2, -0.15) is 0 Å². The maximum Gasteiger partial charge on any atom is 0.339 e. The van der Waals surface area contributed by atoms with Crippen LogP contribution in [0.5, 0.6) is 0 Å². The van der Waals surface area contributed by atoms with Crippen molar-refractivity contribution < 1.29 is 14.6 Å². The summed E-state index contributed by atoms with van der Waals surface area (Å²) >= 11 is 0. The minimum Gasteiger partial charge on any atom is -0.479 e. The van der Waals surface area contributed by atoms with Crippen LogP contribution in [0.4, 0.5) is 0 Å². The average molecular weight is 591 g/mol. The van der Waals surface area contributed by atoms with Crippen LogP contribution in [0.2, 0.25) is 0 Å². The highest BCUT2D eigenvalue weighted by atomic mass is 16.5. The lowest BCUT2D eigenvalue weighted by molar-refractivity contribution is -0.156. The van der Waals surface area contributed by atoms with E-state index in [1.165, 1.54) is 5.56 Å². The zero-order valence-electron chi connectivity index (χ0n) is 26.5. The summed E-state index contributed by atoms with van der Waals surface area (Å²) in [6, 6.07) is 24.7. The van der Waals surface area contributed by atoms with Gasteiger partial charge in [0.25, 0.3) is 0 Å². The molecule has 7 heteroatoms. The number of nitrogens with zero attached hydrogens (tertiary/aromatic N) is 3. The minimum atomic E-state index is -1.14. The fraction of sp³-hybridized carbons (Fsp3) is 0.324. The Kier molecular flexibility index (Phi) is 9.28. The molecule has 0 saturated carbocycles. The number of hydrogen-bond donors (Lipinski definition) is 2. The third-order valence-corrected chi connectivity index (χ3v) is 7.88. The van der Waals surface area contributed by atoms with Gasteiger partial charge in [0, 0.05) is 43.6 Å². The van der Waals surface area contributed by atoms with Crippen LogP contribution in [0.25, 0.3) is 5.57 Å². The number of hydrogen-bond acceptors (Lipinski definition) is 6. The number of pyridine rings is 2. The fourth-order valence-electron chi connectivity index (χ4n) is 5.69. The van der Waals surface area contributed by atoms with E-state index in [4.69, 9.17) is 4.74 Å². The molecule has 0 aliphatic carbocycles. The summed E-state index contributed by atoms with van der Waals surface area (Å²) in [5.41, 5.74) is 9.39. The Morgan fingerprint density at radius 3 is 2.11 bits per heavy atom. The van der Waals surface area contributed by atoms with Crippen molar-refractivity contribution in [2.45, 2.75) is 78.9 Å². The van der Waals surface area contributed by atoms with Crippen molar-refractivity contribution in [2.24, 2.45) is 0 Å². The van der Waals surface area contributed by atoms with Crippen molar-refractivity contribution in [3.63, 3.8) is 0 Å². The predicted octanol–water partition coefficient (Wildman–Crippen LogP) is 6.99. The summed E-state index contributed by atoms with van der Waals surface area (Å²) in [5, 5.41) is 13.9. The smallest absolute Gasteiger partial charge is 0.339 e. The average Bonchev–Trinajstić information content (AvgIpc) is 2.98. The molecule has 2 aromatic carbocycles. The molecule has 7 nitrogen and oxygen atoms in total. The Morgan fingerprint density at radius 2 is 1.57 bits per heavy atom. The number of rotatable bonds is 10. The molecule has 1 aliphatic rings. The predicted molar refractivity (Wildman–Crippen MR) is 174 cm³/mol. The summed E-state index contributed by atoms with van der Waals surface area (Å²) in [7, 11) is 0. The molecule has 0 amide bonds. The van der Waals surface area contributed by atoms with Crippen molar-refractivity contribution in [2.75, 3.05) is 0 Å². The Labute approximate surface area is 260 Å².